The standard InChI is InChI=1S/C11H11N5O4/c1-2-20-10-4-8(3-9(11(10)17)16(18)19)5-14-15-6-12-13-7-15/h3-7,17H,2H2,1H3/b14-5-. The van der Waals surface area contributed by atoms with Gasteiger partial charge in [-0.2, -0.15) is 5.10 Å². The molecule has 9 nitrogen and oxygen atoms in total. The maximum absolute atomic E-state index is 10.9. The normalized spacial score (nSPS) is 10.8. The minimum absolute atomic E-state index is 0.0342. The zero-order valence-corrected chi connectivity index (χ0v) is 10.5. The Morgan fingerprint density at radius 2 is 2.20 bits per heavy atom. The van der Waals surface area contributed by atoms with E-state index in [4.69, 9.17) is 4.74 Å². The molecular formula is C11H11N5O4. The summed E-state index contributed by atoms with van der Waals surface area (Å²) < 4.78 is 6.49. The molecule has 0 atom stereocenters. The zero-order chi connectivity index (χ0) is 14.5. The van der Waals surface area contributed by atoms with Crippen LogP contribution in [0.15, 0.2) is 29.9 Å². The minimum Gasteiger partial charge on any atom is -0.500 e. The Hall–Kier alpha value is -2.97. The van der Waals surface area contributed by atoms with Gasteiger partial charge in [0, 0.05) is 11.6 Å². The van der Waals surface area contributed by atoms with Crippen molar-refractivity contribution >= 4 is 11.9 Å². The lowest BCUT2D eigenvalue weighted by molar-refractivity contribution is -0.386. The van der Waals surface area contributed by atoms with Crippen LogP contribution in [0.5, 0.6) is 11.5 Å². The van der Waals surface area contributed by atoms with Gasteiger partial charge in [-0.3, -0.25) is 10.1 Å². The topological polar surface area (TPSA) is 116 Å². The molecule has 1 N–H and O–H groups in total. The molecule has 9 heteroatoms. The molecule has 0 aliphatic heterocycles. The van der Waals surface area contributed by atoms with E-state index < -0.39 is 16.4 Å². The summed E-state index contributed by atoms with van der Waals surface area (Å²) in [5.74, 6) is -0.467. The average molecular weight is 277 g/mol. The molecule has 2 aromatic rings. The first kappa shape index (κ1) is 13.5. The predicted octanol–water partition coefficient (Wildman–Crippen LogP) is 1.17. The van der Waals surface area contributed by atoms with E-state index in [0.29, 0.717) is 5.56 Å². The predicted molar refractivity (Wildman–Crippen MR) is 68.9 cm³/mol. The number of nitro benzene ring substituents is 1. The molecule has 2 rings (SSSR count). The first-order valence-electron chi connectivity index (χ1n) is 5.65. The second-order valence-corrected chi connectivity index (χ2v) is 3.66. The van der Waals surface area contributed by atoms with Gasteiger partial charge in [0.25, 0.3) is 0 Å². The van der Waals surface area contributed by atoms with Crippen LogP contribution in [0.2, 0.25) is 0 Å². The molecule has 20 heavy (non-hydrogen) atoms. The highest BCUT2D eigenvalue weighted by Crippen LogP contribution is 2.36. The van der Waals surface area contributed by atoms with Gasteiger partial charge in [-0.25, -0.2) is 4.68 Å². The maximum atomic E-state index is 10.9. The number of aromatic nitrogens is 3. The molecule has 104 valence electrons. The van der Waals surface area contributed by atoms with Gasteiger partial charge >= 0.3 is 5.69 Å². The number of phenolic OH excluding ortho intramolecular Hbond substituents is 1. The van der Waals surface area contributed by atoms with Crippen LogP contribution >= 0.6 is 0 Å². The number of rotatable bonds is 5. The van der Waals surface area contributed by atoms with Crippen molar-refractivity contribution in [2.24, 2.45) is 5.10 Å². The van der Waals surface area contributed by atoms with Gasteiger partial charge in [-0.05, 0) is 13.0 Å². The van der Waals surface area contributed by atoms with E-state index in [1.165, 1.54) is 35.7 Å². The van der Waals surface area contributed by atoms with Crippen molar-refractivity contribution in [2.45, 2.75) is 6.92 Å². The Morgan fingerprint density at radius 1 is 1.50 bits per heavy atom. The third-order valence-electron chi connectivity index (χ3n) is 2.32. The zero-order valence-electron chi connectivity index (χ0n) is 10.5. The number of ether oxygens (including phenoxy) is 1. The highest BCUT2D eigenvalue weighted by Gasteiger charge is 2.19. The number of aromatic hydroxyl groups is 1. The van der Waals surface area contributed by atoms with Crippen molar-refractivity contribution in [1.82, 2.24) is 14.9 Å². The fourth-order valence-corrected chi connectivity index (χ4v) is 1.48. The highest BCUT2D eigenvalue weighted by atomic mass is 16.6. The molecule has 0 amide bonds. The van der Waals surface area contributed by atoms with Gasteiger partial charge in [-0.1, -0.05) is 0 Å². The Labute approximate surface area is 113 Å². The maximum Gasteiger partial charge on any atom is 0.315 e. The second-order valence-electron chi connectivity index (χ2n) is 3.66. The first-order chi connectivity index (χ1) is 9.61. The van der Waals surface area contributed by atoms with E-state index in [2.05, 4.69) is 15.3 Å². The fraction of sp³-hybridized carbons (Fsp3) is 0.182. The smallest absolute Gasteiger partial charge is 0.315 e. The number of hydrogen-bond donors (Lipinski definition) is 1. The largest absolute Gasteiger partial charge is 0.500 e. The lowest BCUT2D eigenvalue weighted by Crippen LogP contribution is -1.98. The number of hydrogen-bond acceptors (Lipinski definition) is 7. The van der Waals surface area contributed by atoms with Gasteiger partial charge < -0.3 is 9.84 Å². The summed E-state index contributed by atoms with van der Waals surface area (Å²) >= 11 is 0. The minimum atomic E-state index is -0.687. The summed E-state index contributed by atoms with van der Waals surface area (Å²) in [7, 11) is 0. The summed E-state index contributed by atoms with van der Waals surface area (Å²) in [5, 5.41) is 31.7. The third kappa shape index (κ3) is 2.88. The van der Waals surface area contributed by atoms with Gasteiger partial charge in [-0.15, -0.1) is 10.2 Å². The van der Waals surface area contributed by atoms with Crippen molar-refractivity contribution in [3.63, 3.8) is 0 Å². The van der Waals surface area contributed by atoms with E-state index in [1.54, 1.807) is 6.92 Å². The Balaban J connectivity index is 2.40. The summed E-state index contributed by atoms with van der Waals surface area (Å²) in [6.45, 7) is 1.99. The molecule has 0 radical (unpaired) electrons. The van der Waals surface area contributed by atoms with E-state index >= 15 is 0 Å². The molecule has 1 aromatic carbocycles. The lowest BCUT2D eigenvalue weighted by Gasteiger charge is -2.07. The quantitative estimate of drug-likeness (QED) is 0.498. The van der Waals surface area contributed by atoms with Crippen LogP contribution in [0.1, 0.15) is 12.5 Å². The average Bonchev–Trinajstić information content (AvgIpc) is 2.92. The van der Waals surface area contributed by atoms with Crippen LogP contribution in [0, 0.1) is 10.1 Å². The lowest BCUT2D eigenvalue weighted by atomic mass is 10.2. The van der Waals surface area contributed by atoms with Crippen LogP contribution in [0.25, 0.3) is 0 Å². The molecule has 0 saturated carbocycles. The van der Waals surface area contributed by atoms with Crippen LogP contribution in [0.3, 0.4) is 0 Å². The summed E-state index contributed by atoms with van der Waals surface area (Å²) in [6.07, 6.45) is 4.11. The van der Waals surface area contributed by atoms with Crippen LogP contribution in [-0.2, 0) is 0 Å². The number of phenols is 1. The highest BCUT2D eigenvalue weighted by molar-refractivity contribution is 5.83. The van der Waals surface area contributed by atoms with E-state index in [9.17, 15) is 15.2 Å². The fourth-order valence-electron chi connectivity index (χ4n) is 1.48. The van der Waals surface area contributed by atoms with Crippen LogP contribution < -0.4 is 4.74 Å². The van der Waals surface area contributed by atoms with Crippen molar-refractivity contribution < 1.29 is 14.8 Å². The Bertz CT molecular complexity index is 639. The molecule has 1 aromatic heterocycles. The summed E-state index contributed by atoms with van der Waals surface area (Å²) in [6, 6.07) is 2.66. The molecule has 0 spiro atoms. The molecule has 1 heterocycles. The van der Waals surface area contributed by atoms with Crippen LogP contribution in [-0.4, -0.2) is 37.7 Å². The Morgan fingerprint density at radius 3 is 2.80 bits per heavy atom. The third-order valence-corrected chi connectivity index (χ3v) is 2.32. The first-order valence-corrected chi connectivity index (χ1v) is 5.65. The molecule has 0 aliphatic rings. The number of nitro groups is 1. The summed E-state index contributed by atoms with van der Waals surface area (Å²) in [4.78, 5) is 10.2. The monoisotopic (exact) mass is 277 g/mol. The van der Waals surface area contributed by atoms with Gasteiger partial charge in [0.15, 0.2) is 5.75 Å². The van der Waals surface area contributed by atoms with E-state index in [1.807, 2.05) is 0 Å². The van der Waals surface area contributed by atoms with Crippen molar-refractivity contribution in [1.29, 1.82) is 0 Å². The molecular weight excluding hydrogens is 266 g/mol. The van der Waals surface area contributed by atoms with Crippen molar-refractivity contribution in [3.8, 4) is 11.5 Å². The van der Waals surface area contributed by atoms with Gasteiger partial charge in [0.05, 0.1) is 17.7 Å². The van der Waals surface area contributed by atoms with Crippen LogP contribution in [0.4, 0.5) is 5.69 Å². The second kappa shape index (κ2) is 5.78. The SMILES string of the molecule is CCOc1cc(/C=N\n2cnnc2)cc([N+](=O)[O-])c1O. The van der Waals surface area contributed by atoms with E-state index in [-0.39, 0.29) is 12.4 Å². The molecule has 0 bridgehead atoms. The number of benzene rings is 1. The van der Waals surface area contributed by atoms with E-state index in [0.717, 1.165) is 0 Å². The van der Waals surface area contributed by atoms with Gasteiger partial charge in [0.2, 0.25) is 5.75 Å². The molecule has 0 aliphatic carbocycles. The number of nitrogens with zero attached hydrogens (tertiary/aromatic N) is 5. The Kier molecular flexibility index (Phi) is 3.89. The van der Waals surface area contributed by atoms with Crippen molar-refractivity contribution in [2.75, 3.05) is 6.61 Å². The molecule has 0 fully saturated rings. The van der Waals surface area contributed by atoms with Gasteiger partial charge in [0.1, 0.15) is 12.7 Å². The van der Waals surface area contributed by atoms with Crippen molar-refractivity contribution in [3.05, 3.63) is 40.5 Å². The molecule has 0 unspecified atom stereocenters. The summed E-state index contributed by atoms with van der Waals surface area (Å²) in [5.41, 5.74) is -0.0344. The molecule has 0 saturated heterocycles.